The molecule has 1 N–H and O–H groups in total. The highest BCUT2D eigenvalue weighted by molar-refractivity contribution is 7.15. The average Bonchev–Trinajstić information content (AvgIpc) is 3.08. The molecule has 1 aliphatic heterocycles. The number of hydrogen-bond donors (Lipinski definition) is 1. The van der Waals surface area contributed by atoms with Crippen LogP contribution in [0.2, 0.25) is 0 Å². The Labute approximate surface area is 127 Å². The van der Waals surface area contributed by atoms with Crippen molar-refractivity contribution >= 4 is 16.5 Å². The highest BCUT2D eigenvalue weighted by Gasteiger charge is 2.21. The molecule has 1 saturated heterocycles. The van der Waals surface area contributed by atoms with E-state index in [1.165, 1.54) is 30.1 Å². The Morgan fingerprint density at radius 3 is 3.10 bits per heavy atom. The molecule has 2 aromatic heterocycles. The van der Waals surface area contributed by atoms with Crippen molar-refractivity contribution in [1.29, 1.82) is 0 Å². The molecule has 5 nitrogen and oxygen atoms in total. The van der Waals surface area contributed by atoms with Crippen LogP contribution < -0.4 is 5.32 Å². The summed E-state index contributed by atoms with van der Waals surface area (Å²) in [5.41, 5.74) is 0. The van der Waals surface area contributed by atoms with E-state index in [-0.39, 0.29) is 5.82 Å². The van der Waals surface area contributed by atoms with E-state index in [0.717, 1.165) is 31.3 Å². The molecule has 21 heavy (non-hydrogen) atoms. The molecule has 1 aliphatic rings. The summed E-state index contributed by atoms with van der Waals surface area (Å²) in [6.07, 6.45) is 7.07. The van der Waals surface area contributed by atoms with Crippen LogP contribution in [0.5, 0.6) is 0 Å². The SMILES string of the molecule is CNc1ncc(CN2CCCC(Cn3cc(F)cn3)C2)s1. The Hall–Kier alpha value is -1.47. The number of thiazole rings is 1. The lowest BCUT2D eigenvalue weighted by atomic mass is 9.98. The summed E-state index contributed by atoms with van der Waals surface area (Å²) >= 11 is 1.70. The number of aromatic nitrogens is 3. The van der Waals surface area contributed by atoms with Gasteiger partial charge in [0.25, 0.3) is 0 Å². The molecular formula is C14H20FN5S. The summed E-state index contributed by atoms with van der Waals surface area (Å²) in [6.45, 7) is 3.90. The van der Waals surface area contributed by atoms with Gasteiger partial charge in [0.1, 0.15) is 0 Å². The maximum absolute atomic E-state index is 13.0. The lowest BCUT2D eigenvalue weighted by Crippen LogP contribution is -2.36. The zero-order valence-electron chi connectivity index (χ0n) is 12.1. The standard InChI is InChI=1S/C14H20FN5S/c1-16-14-17-6-13(21-14)10-19-4-2-3-11(7-19)8-20-9-12(15)5-18-20/h5-6,9,11H,2-4,7-8,10H2,1H3,(H,16,17). The van der Waals surface area contributed by atoms with Gasteiger partial charge >= 0.3 is 0 Å². The van der Waals surface area contributed by atoms with Crippen molar-refractivity contribution in [1.82, 2.24) is 19.7 Å². The van der Waals surface area contributed by atoms with Gasteiger partial charge in [-0.3, -0.25) is 9.58 Å². The first kappa shape index (κ1) is 14.5. The maximum Gasteiger partial charge on any atom is 0.182 e. The molecule has 1 atom stereocenters. The van der Waals surface area contributed by atoms with E-state index in [0.29, 0.717) is 5.92 Å². The van der Waals surface area contributed by atoms with Crippen LogP contribution in [0.3, 0.4) is 0 Å². The molecule has 0 aliphatic carbocycles. The summed E-state index contributed by atoms with van der Waals surface area (Å²) < 4.78 is 14.7. The normalized spacial score (nSPS) is 19.8. The monoisotopic (exact) mass is 309 g/mol. The van der Waals surface area contributed by atoms with Crippen LogP contribution >= 0.6 is 11.3 Å². The number of nitrogens with zero attached hydrogens (tertiary/aromatic N) is 4. The first-order valence-electron chi connectivity index (χ1n) is 7.25. The van der Waals surface area contributed by atoms with Crippen molar-refractivity contribution in [3.63, 3.8) is 0 Å². The van der Waals surface area contributed by atoms with Crippen molar-refractivity contribution < 1.29 is 4.39 Å². The minimum atomic E-state index is -0.257. The first-order valence-corrected chi connectivity index (χ1v) is 8.07. The first-order chi connectivity index (χ1) is 10.2. The molecule has 114 valence electrons. The highest BCUT2D eigenvalue weighted by Crippen LogP contribution is 2.23. The maximum atomic E-state index is 13.0. The van der Waals surface area contributed by atoms with Gasteiger partial charge < -0.3 is 5.32 Å². The van der Waals surface area contributed by atoms with E-state index in [4.69, 9.17) is 0 Å². The van der Waals surface area contributed by atoms with Gasteiger partial charge in [-0.2, -0.15) is 5.10 Å². The van der Waals surface area contributed by atoms with E-state index in [1.807, 2.05) is 13.2 Å². The predicted octanol–water partition coefficient (Wildman–Crippen LogP) is 2.43. The Morgan fingerprint density at radius 1 is 1.48 bits per heavy atom. The second-order valence-corrected chi connectivity index (χ2v) is 6.62. The fourth-order valence-electron chi connectivity index (χ4n) is 2.86. The second kappa shape index (κ2) is 6.53. The van der Waals surface area contributed by atoms with Crippen LogP contribution in [0.25, 0.3) is 0 Å². The molecule has 0 saturated carbocycles. The van der Waals surface area contributed by atoms with Crippen LogP contribution in [0.15, 0.2) is 18.6 Å². The molecule has 0 amide bonds. The molecule has 7 heteroatoms. The van der Waals surface area contributed by atoms with Crippen molar-refractivity contribution in [2.24, 2.45) is 5.92 Å². The Kier molecular flexibility index (Phi) is 4.50. The van der Waals surface area contributed by atoms with E-state index in [2.05, 4.69) is 20.3 Å². The molecule has 3 rings (SSSR count). The third kappa shape index (κ3) is 3.79. The van der Waals surface area contributed by atoms with Gasteiger partial charge in [-0.1, -0.05) is 0 Å². The van der Waals surface area contributed by atoms with Gasteiger partial charge in [0.15, 0.2) is 10.9 Å². The third-order valence-electron chi connectivity index (χ3n) is 3.80. The van der Waals surface area contributed by atoms with Crippen molar-refractivity contribution in [3.8, 4) is 0 Å². The van der Waals surface area contributed by atoms with Crippen molar-refractivity contribution in [2.75, 3.05) is 25.5 Å². The molecule has 0 spiro atoms. The molecule has 0 radical (unpaired) electrons. The summed E-state index contributed by atoms with van der Waals surface area (Å²) in [6, 6.07) is 0. The number of nitrogens with one attached hydrogen (secondary N) is 1. The van der Waals surface area contributed by atoms with Gasteiger partial charge in [-0.05, 0) is 25.3 Å². The van der Waals surface area contributed by atoms with Gasteiger partial charge in [0.2, 0.25) is 0 Å². The number of halogens is 1. The van der Waals surface area contributed by atoms with Gasteiger partial charge in [0.05, 0.1) is 12.4 Å². The predicted molar refractivity (Wildman–Crippen MR) is 81.8 cm³/mol. The zero-order chi connectivity index (χ0) is 14.7. The van der Waals surface area contributed by atoms with Crippen LogP contribution in [-0.2, 0) is 13.1 Å². The topological polar surface area (TPSA) is 46.0 Å². The Bertz CT molecular complexity index is 581. The van der Waals surface area contributed by atoms with Gasteiger partial charge in [-0.25, -0.2) is 9.37 Å². The fraction of sp³-hybridized carbons (Fsp3) is 0.571. The van der Waals surface area contributed by atoms with Crippen LogP contribution in [0.1, 0.15) is 17.7 Å². The number of anilines is 1. The zero-order valence-corrected chi connectivity index (χ0v) is 12.9. The number of hydrogen-bond acceptors (Lipinski definition) is 5. The molecule has 3 heterocycles. The summed E-state index contributed by atoms with van der Waals surface area (Å²) in [4.78, 5) is 8.06. The lowest BCUT2D eigenvalue weighted by Gasteiger charge is -2.32. The van der Waals surface area contributed by atoms with Crippen LogP contribution in [0, 0.1) is 11.7 Å². The number of piperidine rings is 1. The molecule has 1 fully saturated rings. The largest absolute Gasteiger partial charge is 0.365 e. The van der Waals surface area contributed by atoms with Crippen molar-refractivity contribution in [2.45, 2.75) is 25.9 Å². The van der Waals surface area contributed by atoms with Crippen LogP contribution in [-0.4, -0.2) is 39.8 Å². The fourth-order valence-corrected chi connectivity index (χ4v) is 3.67. The Balaban J connectivity index is 1.55. The summed E-state index contributed by atoms with van der Waals surface area (Å²) in [7, 11) is 1.89. The van der Waals surface area contributed by atoms with E-state index >= 15 is 0 Å². The van der Waals surface area contributed by atoms with Crippen molar-refractivity contribution in [3.05, 3.63) is 29.3 Å². The smallest absolute Gasteiger partial charge is 0.182 e. The molecule has 0 aromatic carbocycles. The minimum Gasteiger partial charge on any atom is -0.365 e. The molecule has 1 unspecified atom stereocenters. The third-order valence-corrected chi connectivity index (χ3v) is 4.80. The second-order valence-electron chi connectivity index (χ2n) is 5.51. The summed E-state index contributed by atoms with van der Waals surface area (Å²) in [5, 5.41) is 8.07. The van der Waals surface area contributed by atoms with E-state index in [9.17, 15) is 4.39 Å². The quantitative estimate of drug-likeness (QED) is 0.921. The van der Waals surface area contributed by atoms with E-state index in [1.54, 1.807) is 16.0 Å². The van der Waals surface area contributed by atoms with Crippen LogP contribution in [0.4, 0.5) is 9.52 Å². The molecular weight excluding hydrogens is 289 g/mol. The number of likely N-dealkylation sites (tertiary alicyclic amines) is 1. The molecule has 2 aromatic rings. The van der Waals surface area contributed by atoms with E-state index < -0.39 is 0 Å². The molecule has 0 bridgehead atoms. The Morgan fingerprint density at radius 2 is 2.38 bits per heavy atom. The van der Waals surface area contributed by atoms with Gasteiger partial charge in [0, 0.05) is 37.8 Å². The lowest BCUT2D eigenvalue weighted by molar-refractivity contribution is 0.154. The minimum absolute atomic E-state index is 0.257. The average molecular weight is 309 g/mol. The highest BCUT2D eigenvalue weighted by atomic mass is 32.1. The number of rotatable bonds is 5. The summed E-state index contributed by atoms with van der Waals surface area (Å²) in [5.74, 6) is 0.279. The van der Waals surface area contributed by atoms with Gasteiger partial charge in [-0.15, -0.1) is 11.3 Å².